The number of amides is 1. The van der Waals surface area contributed by atoms with Crippen LogP contribution in [0.3, 0.4) is 0 Å². The van der Waals surface area contributed by atoms with Gasteiger partial charge in [-0.25, -0.2) is 13.8 Å². The summed E-state index contributed by atoms with van der Waals surface area (Å²) >= 11 is 0. The van der Waals surface area contributed by atoms with Crippen LogP contribution < -0.4 is 10.9 Å². The summed E-state index contributed by atoms with van der Waals surface area (Å²) in [6.45, 7) is 7.06. The fourth-order valence-electron chi connectivity index (χ4n) is 5.58. The van der Waals surface area contributed by atoms with Crippen molar-refractivity contribution < 1.29 is 33.3 Å². The van der Waals surface area contributed by atoms with E-state index in [-0.39, 0.29) is 55.9 Å². The maximum Gasteiger partial charge on any atom is 0.293 e. The van der Waals surface area contributed by atoms with Crippen molar-refractivity contribution in [1.29, 1.82) is 0 Å². The second kappa shape index (κ2) is 11.8. The summed E-state index contributed by atoms with van der Waals surface area (Å²) in [5.41, 5.74) is 2.90. The highest BCUT2D eigenvalue weighted by Crippen LogP contribution is 2.47. The molecule has 3 heterocycles. The number of nitrogens with one attached hydrogen (secondary N) is 1. The van der Waals surface area contributed by atoms with Crippen molar-refractivity contribution in [2.75, 3.05) is 0 Å². The lowest BCUT2D eigenvalue weighted by Crippen LogP contribution is -2.29. The van der Waals surface area contributed by atoms with Gasteiger partial charge in [-0.2, -0.15) is 0 Å². The molecule has 11 heteroatoms. The molecular formula is C29H33F2N3O6. The number of benzene rings is 1. The van der Waals surface area contributed by atoms with E-state index in [1.54, 1.807) is 13.0 Å². The quantitative estimate of drug-likeness (QED) is 0.265. The molecule has 1 amide bonds. The molecule has 1 aliphatic heterocycles. The number of aliphatic hydroxyl groups excluding tert-OH is 2. The number of hydrogen-bond donors (Lipinski definition) is 3. The molecule has 3 N–H and O–H groups in total. The first-order valence-corrected chi connectivity index (χ1v) is 13.4. The average Bonchev–Trinajstić information content (AvgIpc) is 3.47. The minimum Gasteiger partial charge on any atom is -0.463 e. The maximum absolute atomic E-state index is 13.9. The number of ether oxygens (including phenoxy) is 1. The minimum atomic E-state index is -2.71. The second-order valence-corrected chi connectivity index (χ2v) is 9.83. The number of hydrogen-bond acceptors (Lipinski definition) is 7. The van der Waals surface area contributed by atoms with Crippen LogP contribution in [-0.4, -0.2) is 38.2 Å². The van der Waals surface area contributed by atoms with E-state index < -0.39 is 30.2 Å². The SMILES string of the molecule is CC.CC(O)CCC(=O)NC1Cc2c(C(F)F)ccc3nc4c(c1c23)Cn1c-4cc(C(C)O)c(COC=O)c1=O. The van der Waals surface area contributed by atoms with Gasteiger partial charge in [0.25, 0.3) is 18.5 Å². The molecular weight excluding hydrogens is 524 g/mol. The van der Waals surface area contributed by atoms with Crippen molar-refractivity contribution in [2.45, 2.75) is 84.8 Å². The lowest BCUT2D eigenvalue weighted by Gasteiger charge is -2.17. The number of rotatable bonds is 9. The molecule has 5 rings (SSSR count). The first-order chi connectivity index (χ1) is 19.1. The van der Waals surface area contributed by atoms with Crippen LogP contribution in [0.25, 0.3) is 22.3 Å². The molecule has 1 aliphatic carbocycles. The minimum absolute atomic E-state index is 0.0696. The van der Waals surface area contributed by atoms with Crippen LogP contribution in [0.4, 0.5) is 8.78 Å². The third-order valence-electron chi connectivity index (χ3n) is 7.30. The first kappa shape index (κ1) is 29.3. The summed E-state index contributed by atoms with van der Waals surface area (Å²) in [7, 11) is 0. The van der Waals surface area contributed by atoms with Crippen molar-refractivity contribution in [2.24, 2.45) is 0 Å². The van der Waals surface area contributed by atoms with E-state index in [1.165, 1.54) is 23.6 Å². The number of carbonyl (C=O) groups excluding carboxylic acids is 2. The topological polar surface area (TPSA) is 131 Å². The molecule has 1 aromatic carbocycles. The van der Waals surface area contributed by atoms with Gasteiger partial charge in [0.05, 0.1) is 47.3 Å². The van der Waals surface area contributed by atoms with Gasteiger partial charge in [0.15, 0.2) is 0 Å². The molecule has 3 unspecified atom stereocenters. The third-order valence-corrected chi connectivity index (χ3v) is 7.30. The standard InChI is InChI=1S/C27H27F2N3O6.C2H6/c1-12(34)3-6-22(36)30-20-7-16-14(26(28)29)4-5-19-23(16)24(20)17-9-32-21(25(17)31-19)8-15(13(2)35)18(27(32)37)10-38-11-33;1-2/h4-5,8,11-13,20,26,34-35H,3,6-7,9-10H2,1-2H3,(H,30,36);1-2H3. The van der Waals surface area contributed by atoms with Gasteiger partial charge in [-0.15, -0.1) is 0 Å². The van der Waals surface area contributed by atoms with E-state index in [4.69, 9.17) is 9.72 Å². The van der Waals surface area contributed by atoms with Gasteiger partial charge in [-0.05, 0) is 55.5 Å². The molecule has 40 heavy (non-hydrogen) atoms. The van der Waals surface area contributed by atoms with Crippen molar-refractivity contribution in [3.8, 4) is 11.4 Å². The van der Waals surface area contributed by atoms with Crippen LogP contribution in [0.2, 0.25) is 0 Å². The van der Waals surface area contributed by atoms with Gasteiger partial charge in [-0.1, -0.05) is 19.9 Å². The Morgan fingerprint density at radius 2 is 1.95 bits per heavy atom. The first-order valence-electron chi connectivity index (χ1n) is 13.4. The largest absolute Gasteiger partial charge is 0.463 e. The highest BCUT2D eigenvalue weighted by Gasteiger charge is 2.37. The maximum atomic E-state index is 13.9. The fraction of sp³-hybridized carbons (Fsp3) is 0.448. The number of halogens is 2. The third kappa shape index (κ3) is 5.11. The molecule has 0 saturated carbocycles. The van der Waals surface area contributed by atoms with Crippen LogP contribution in [0.5, 0.6) is 0 Å². The predicted octanol–water partition coefficient (Wildman–Crippen LogP) is 3.99. The molecule has 214 valence electrons. The zero-order chi connectivity index (χ0) is 29.3. The Balaban J connectivity index is 0.00000181. The van der Waals surface area contributed by atoms with Crippen LogP contribution in [0, 0.1) is 0 Å². The summed E-state index contributed by atoms with van der Waals surface area (Å²) in [5, 5.41) is 23.4. The van der Waals surface area contributed by atoms with Gasteiger partial charge >= 0.3 is 0 Å². The number of nitrogens with zero attached hydrogens (tertiary/aromatic N) is 2. The normalized spacial score (nSPS) is 16.2. The Bertz CT molecular complexity index is 1520. The number of alkyl halides is 2. The second-order valence-electron chi connectivity index (χ2n) is 9.83. The van der Waals surface area contributed by atoms with E-state index in [0.29, 0.717) is 44.5 Å². The van der Waals surface area contributed by atoms with Gasteiger partial charge in [0.2, 0.25) is 5.91 Å². The molecule has 2 aromatic heterocycles. The monoisotopic (exact) mass is 557 g/mol. The van der Waals surface area contributed by atoms with Crippen molar-refractivity contribution in [1.82, 2.24) is 14.9 Å². The fourth-order valence-corrected chi connectivity index (χ4v) is 5.58. The number of carbonyl (C=O) groups is 2. The number of pyridine rings is 2. The zero-order valence-corrected chi connectivity index (χ0v) is 22.8. The average molecular weight is 558 g/mol. The lowest BCUT2D eigenvalue weighted by atomic mass is 9.98. The molecule has 3 aromatic rings. The Labute approximate surface area is 229 Å². The summed E-state index contributed by atoms with van der Waals surface area (Å²) < 4.78 is 34.1. The van der Waals surface area contributed by atoms with Gasteiger partial charge in [-0.3, -0.25) is 14.4 Å². The van der Waals surface area contributed by atoms with E-state index in [0.717, 1.165) is 0 Å². The van der Waals surface area contributed by atoms with Crippen LogP contribution >= 0.6 is 0 Å². The van der Waals surface area contributed by atoms with Crippen LogP contribution in [-0.2, 0) is 33.9 Å². The summed E-state index contributed by atoms with van der Waals surface area (Å²) in [6, 6.07) is 3.87. The Morgan fingerprint density at radius 3 is 2.58 bits per heavy atom. The van der Waals surface area contributed by atoms with Gasteiger partial charge < -0.3 is 24.8 Å². The molecule has 0 fully saturated rings. The molecule has 3 atom stereocenters. The highest BCUT2D eigenvalue weighted by molar-refractivity contribution is 5.95. The van der Waals surface area contributed by atoms with Crippen molar-refractivity contribution in [3.63, 3.8) is 0 Å². The van der Waals surface area contributed by atoms with E-state index >= 15 is 0 Å². The number of aromatic nitrogens is 2. The smallest absolute Gasteiger partial charge is 0.293 e. The van der Waals surface area contributed by atoms with Gasteiger partial charge in [0, 0.05) is 22.9 Å². The van der Waals surface area contributed by atoms with Crippen molar-refractivity contribution in [3.05, 3.63) is 61.9 Å². The van der Waals surface area contributed by atoms with Crippen LogP contribution in [0.1, 0.15) is 92.5 Å². The van der Waals surface area contributed by atoms with E-state index in [2.05, 4.69) is 5.32 Å². The Hall–Kier alpha value is -3.70. The van der Waals surface area contributed by atoms with E-state index in [9.17, 15) is 33.4 Å². The number of aliphatic hydroxyl groups is 2. The highest BCUT2D eigenvalue weighted by atomic mass is 19.3. The summed E-state index contributed by atoms with van der Waals surface area (Å²) in [4.78, 5) is 41.7. The summed E-state index contributed by atoms with van der Waals surface area (Å²) in [6.07, 6.45) is -3.93. The van der Waals surface area contributed by atoms with Crippen LogP contribution in [0.15, 0.2) is 23.0 Å². The Morgan fingerprint density at radius 1 is 1.23 bits per heavy atom. The van der Waals surface area contributed by atoms with Gasteiger partial charge in [0.1, 0.15) is 6.61 Å². The number of fused-ring (bicyclic) bond motifs is 4. The lowest BCUT2D eigenvalue weighted by molar-refractivity contribution is -0.130. The molecule has 2 aliphatic rings. The van der Waals surface area contributed by atoms with Crippen molar-refractivity contribution >= 4 is 23.3 Å². The zero-order valence-electron chi connectivity index (χ0n) is 22.8. The molecule has 0 spiro atoms. The summed E-state index contributed by atoms with van der Waals surface area (Å²) in [5.74, 6) is -0.321. The molecule has 0 bridgehead atoms. The molecule has 0 radical (unpaired) electrons. The predicted molar refractivity (Wildman–Crippen MR) is 144 cm³/mol. The molecule has 0 saturated heterocycles. The molecule has 9 nitrogen and oxygen atoms in total. The Kier molecular flexibility index (Phi) is 8.65. The van der Waals surface area contributed by atoms with E-state index in [1.807, 2.05) is 13.8 Å².